The topological polar surface area (TPSA) is 98.6 Å². The van der Waals surface area contributed by atoms with Gasteiger partial charge in [-0.1, -0.05) is 17.8 Å². The van der Waals surface area contributed by atoms with Crippen LogP contribution in [-0.2, 0) is 4.79 Å². The minimum absolute atomic E-state index is 0.0718. The molecule has 1 amide bonds. The van der Waals surface area contributed by atoms with E-state index < -0.39 is 5.69 Å². The van der Waals surface area contributed by atoms with Gasteiger partial charge in [-0.15, -0.1) is 11.3 Å². The fourth-order valence-electron chi connectivity index (χ4n) is 1.82. The van der Waals surface area contributed by atoms with E-state index in [1.165, 1.54) is 0 Å². The van der Waals surface area contributed by atoms with Crippen LogP contribution in [0.25, 0.3) is 0 Å². The highest BCUT2D eigenvalue weighted by Gasteiger charge is 2.14. The van der Waals surface area contributed by atoms with E-state index in [2.05, 4.69) is 15.3 Å². The molecule has 114 valence electrons. The number of carbonyl (C=O) groups excluding carboxylic acids is 1. The van der Waals surface area contributed by atoms with Crippen LogP contribution in [-0.4, -0.2) is 21.6 Å². The molecule has 2 N–H and O–H groups in total. The number of aromatic amines is 1. The summed E-state index contributed by atoms with van der Waals surface area (Å²) < 4.78 is 0. The number of aryl methyl sites for hydroxylation is 1. The summed E-state index contributed by atoms with van der Waals surface area (Å²) in [5, 5.41) is 14.2. The Labute approximate surface area is 135 Å². The highest BCUT2D eigenvalue weighted by atomic mass is 32.2. The molecule has 1 atom stereocenters. The second kappa shape index (κ2) is 7.24. The number of carbonyl (C=O) groups is 1. The van der Waals surface area contributed by atoms with E-state index in [1.54, 1.807) is 18.3 Å². The van der Waals surface area contributed by atoms with Crippen molar-refractivity contribution < 1.29 is 4.79 Å². The first kappa shape index (κ1) is 16.3. The third kappa shape index (κ3) is 3.96. The van der Waals surface area contributed by atoms with Gasteiger partial charge >= 0.3 is 5.69 Å². The van der Waals surface area contributed by atoms with Crippen molar-refractivity contribution in [1.29, 1.82) is 5.26 Å². The molecule has 0 saturated heterocycles. The largest absolute Gasteiger partial charge is 0.348 e. The lowest BCUT2D eigenvalue weighted by Gasteiger charge is -2.12. The lowest BCUT2D eigenvalue weighted by molar-refractivity contribution is -0.119. The van der Waals surface area contributed by atoms with Crippen molar-refractivity contribution in [1.82, 2.24) is 15.3 Å². The first-order valence-corrected chi connectivity index (χ1v) is 8.34. The van der Waals surface area contributed by atoms with Crippen LogP contribution in [0.4, 0.5) is 0 Å². The summed E-state index contributed by atoms with van der Waals surface area (Å²) in [6, 6.07) is 5.81. The summed E-state index contributed by atoms with van der Waals surface area (Å²) >= 11 is 2.66. The van der Waals surface area contributed by atoms with Crippen molar-refractivity contribution in [2.45, 2.75) is 24.9 Å². The SMILES string of the molecule is Cc1[nH]c(=O)nc(SCC(=O)NC(C)c2cccs2)c1C#N. The van der Waals surface area contributed by atoms with Gasteiger partial charge in [-0.05, 0) is 25.3 Å². The summed E-state index contributed by atoms with van der Waals surface area (Å²) in [5.41, 5.74) is 0.229. The number of aromatic nitrogens is 2. The molecule has 0 fully saturated rings. The number of hydrogen-bond donors (Lipinski definition) is 2. The Hall–Kier alpha value is -2.11. The smallest absolute Gasteiger partial charge is 0.346 e. The standard InChI is InChI=1S/C14H14N4O2S2/c1-8-10(6-15)13(18-14(20)17-8)22-7-12(19)16-9(2)11-4-3-5-21-11/h3-5,9H,7H2,1-2H3,(H,16,19)(H,17,18,20). The predicted molar refractivity (Wildman–Crippen MR) is 85.9 cm³/mol. The maximum absolute atomic E-state index is 12.0. The molecule has 2 aromatic rings. The highest BCUT2D eigenvalue weighted by molar-refractivity contribution is 8.00. The number of thioether (sulfide) groups is 1. The second-order valence-corrected chi connectivity index (χ2v) is 6.50. The van der Waals surface area contributed by atoms with Crippen molar-refractivity contribution in [3.63, 3.8) is 0 Å². The summed E-state index contributed by atoms with van der Waals surface area (Å²) in [5.74, 6) is -0.0742. The zero-order valence-electron chi connectivity index (χ0n) is 12.0. The minimum atomic E-state index is -0.522. The Morgan fingerprint density at radius 2 is 2.41 bits per heavy atom. The zero-order valence-corrected chi connectivity index (χ0v) is 13.7. The number of nitrogens with zero attached hydrogens (tertiary/aromatic N) is 2. The molecule has 2 heterocycles. The van der Waals surface area contributed by atoms with E-state index in [9.17, 15) is 9.59 Å². The fourth-order valence-corrected chi connectivity index (χ4v) is 3.40. The van der Waals surface area contributed by atoms with Crippen molar-refractivity contribution in [2.24, 2.45) is 0 Å². The molecule has 22 heavy (non-hydrogen) atoms. The summed E-state index contributed by atoms with van der Waals surface area (Å²) in [6.45, 7) is 3.54. The Bertz CT molecular complexity index is 762. The molecule has 8 heteroatoms. The molecule has 0 aliphatic heterocycles. The van der Waals surface area contributed by atoms with E-state index in [-0.39, 0.29) is 22.7 Å². The molecule has 0 radical (unpaired) electrons. The van der Waals surface area contributed by atoms with Crippen LogP contribution in [0, 0.1) is 18.3 Å². The van der Waals surface area contributed by atoms with Gasteiger partial charge in [-0.3, -0.25) is 4.79 Å². The monoisotopic (exact) mass is 334 g/mol. The Morgan fingerprint density at radius 3 is 3.05 bits per heavy atom. The van der Waals surface area contributed by atoms with Crippen LogP contribution in [0.2, 0.25) is 0 Å². The lowest BCUT2D eigenvalue weighted by atomic mass is 10.3. The lowest BCUT2D eigenvalue weighted by Crippen LogP contribution is -2.28. The van der Waals surface area contributed by atoms with Gasteiger partial charge in [0.1, 0.15) is 16.7 Å². The molecule has 0 bridgehead atoms. The van der Waals surface area contributed by atoms with Gasteiger partial charge in [0, 0.05) is 10.6 Å². The van der Waals surface area contributed by atoms with E-state index in [1.807, 2.05) is 30.5 Å². The number of rotatable bonds is 5. The molecule has 0 aliphatic carbocycles. The molecule has 0 spiro atoms. The highest BCUT2D eigenvalue weighted by Crippen LogP contribution is 2.21. The van der Waals surface area contributed by atoms with Crippen molar-refractivity contribution in [3.05, 3.63) is 44.1 Å². The van der Waals surface area contributed by atoms with Crippen molar-refractivity contribution in [2.75, 3.05) is 5.75 Å². The predicted octanol–water partition coefficient (Wildman–Crippen LogP) is 1.98. The number of nitriles is 1. The molecular weight excluding hydrogens is 320 g/mol. The molecule has 0 aliphatic rings. The third-order valence-corrected chi connectivity index (χ3v) is 4.92. The number of nitrogens with one attached hydrogen (secondary N) is 2. The number of thiophene rings is 1. The van der Waals surface area contributed by atoms with Gasteiger partial charge in [0.15, 0.2) is 0 Å². The van der Waals surface area contributed by atoms with Gasteiger partial charge in [-0.2, -0.15) is 10.2 Å². The molecule has 0 aromatic carbocycles. The van der Waals surface area contributed by atoms with Crippen LogP contribution in [0.3, 0.4) is 0 Å². The van der Waals surface area contributed by atoms with Crippen LogP contribution in [0.5, 0.6) is 0 Å². The first-order chi connectivity index (χ1) is 10.5. The minimum Gasteiger partial charge on any atom is -0.348 e. The Balaban J connectivity index is 2.00. The molecule has 0 saturated carbocycles. The van der Waals surface area contributed by atoms with Gasteiger partial charge in [0.2, 0.25) is 5.91 Å². The normalized spacial score (nSPS) is 11.7. The molecular formula is C14H14N4O2S2. The van der Waals surface area contributed by atoms with E-state index in [0.717, 1.165) is 16.6 Å². The molecule has 6 nitrogen and oxygen atoms in total. The van der Waals surface area contributed by atoms with Crippen LogP contribution in [0.15, 0.2) is 27.3 Å². The first-order valence-electron chi connectivity index (χ1n) is 6.48. The van der Waals surface area contributed by atoms with Gasteiger partial charge < -0.3 is 10.3 Å². The van der Waals surface area contributed by atoms with Gasteiger partial charge in [0.05, 0.1) is 11.8 Å². The van der Waals surface area contributed by atoms with Gasteiger partial charge in [0.25, 0.3) is 0 Å². The van der Waals surface area contributed by atoms with E-state index in [0.29, 0.717) is 11.3 Å². The molecule has 1 unspecified atom stereocenters. The fraction of sp³-hybridized carbons (Fsp3) is 0.286. The van der Waals surface area contributed by atoms with Gasteiger partial charge in [-0.25, -0.2) is 4.79 Å². The molecule has 2 aromatic heterocycles. The number of hydrogen-bond acceptors (Lipinski definition) is 6. The van der Waals surface area contributed by atoms with Crippen LogP contribution >= 0.6 is 23.1 Å². The average molecular weight is 334 g/mol. The summed E-state index contributed by atoms with van der Waals surface area (Å²) in [6.07, 6.45) is 0. The van der Waals surface area contributed by atoms with Crippen molar-refractivity contribution >= 4 is 29.0 Å². The van der Waals surface area contributed by atoms with E-state index >= 15 is 0 Å². The number of H-pyrrole nitrogens is 1. The number of amides is 1. The Kier molecular flexibility index (Phi) is 5.35. The van der Waals surface area contributed by atoms with Crippen LogP contribution < -0.4 is 11.0 Å². The third-order valence-electron chi connectivity index (χ3n) is 2.89. The maximum Gasteiger partial charge on any atom is 0.346 e. The molecule has 2 rings (SSSR count). The maximum atomic E-state index is 12.0. The Morgan fingerprint density at radius 1 is 1.64 bits per heavy atom. The average Bonchev–Trinajstić information content (AvgIpc) is 2.99. The van der Waals surface area contributed by atoms with Crippen LogP contribution in [0.1, 0.15) is 29.1 Å². The second-order valence-electron chi connectivity index (χ2n) is 4.55. The summed E-state index contributed by atoms with van der Waals surface area (Å²) in [7, 11) is 0. The van der Waals surface area contributed by atoms with Crippen molar-refractivity contribution in [3.8, 4) is 6.07 Å². The zero-order chi connectivity index (χ0) is 16.1. The van der Waals surface area contributed by atoms with E-state index in [4.69, 9.17) is 5.26 Å². The quantitative estimate of drug-likeness (QED) is 0.643. The summed E-state index contributed by atoms with van der Waals surface area (Å²) in [4.78, 5) is 30.6.